The molecule has 0 bridgehead atoms. The molecule has 1 aromatic carbocycles. The van der Waals surface area contributed by atoms with Gasteiger partial charge in [-0.1, -0.05) is 37.3 Å². The summed E-state index contributed by atoms with van der Waals surface area (Å²) in [5, 5.41) is 9.95. The molecule has 0 unspecified atom stereocenters. The topological polar surface area (TPSA) is 40.5 Å². The second kappa shape index (κ2) is 5.53. The smallest absolute Gasteiger partial charge is 0.228 e. The van der Waals surface area contributed by atoms with Crippen LogP contribution in [0.2, 0.25) is 0 Å². The largest absolute Gasteiger partial charge is 0.392 e. The lowest BCUT2D eigenvalue weighted by Crippen LogP contribution is -2.51. The van der Waals surface area contributed by atoms with Gasteiger partial charge in [-0.2, -0.15) is 0 Å². The first-order valence-corrected chi connectivity index (χ1v) is 6.66. The van der Waals surface area contributed by atoms with Gasteiger partial charge in [0.05, 0.1) is 12.0 Å². The van der Waals surface area contributed by atoms with Crippen LogP contribution >= 0.6 is 0 Å². The van der Waals surface area contributed by atoms with Crippen molar-refractivity contribution in [2.75, 3.05) is 0 Å². The highest BCUT2D eigenvalue weighted by atomic mass is 16.3. The van der Waals surface area contributed by atoms with E-state index in [1.165, 1.54) is 0 Å². The number of aliphatic hydroxyl groups excluding tert-OH is 1. The summed E-state index contributed by atoms with van der Waals surface area (Å²) in [6.45, 7) is 4.61. The van der Waals surface area contributed by atoms with Crippen molar-refractivity contribution in [1.29, 1.82) is 0 Å². The molecule has 0 spiro atoms. The van der Waals surface area contributed by atoms with Gasteiger partial charge in [0.25, 0.3) is 0 Å². The van der Waals surface area contributed by atoms with Crippen molar-refractivity contribution in [1.82, 2.24) is 4.90 Å². The molecule has 1 aliphatic heterocycles. The van der Waals surface area contributed by atoms with E-state index in [4.69, 9.17) is 0 Å². The lowest BCUT2D eigenvalue weighted by molar-refractivity contribution is -0.149. The van der Waals surface area contributed by atoms with Crippen molar-refractivity contribution in [2.45, 2.75) is 45.4 Å². The number of aliphatic hydroxyl groups is 1. The minimum absolute atomic E-state index is 0.0904. The van der Waals surface area contributed by atoms with Crippen molar-refractivity contribution in [2.24, 2.45) is 5.92 Å². The first-order valence-electron chi connectivity index (χ1n) is 6.66. The minimum Gasteiger partial charge on any atom is -0.392 e. The van der Waals surface area contributed by atoms with Crippen molar-refractivity contribution in [3.8, 4) is 0 Å². The molecule has 18 heavy (non-hydrogen) atoms. The Kier molecular flexibility index (Phi) is 4.02. The van der Waals surface area contributed by atoms with Crippen LogP contribution in [0.4, 0.5) is 0 Å². The molecule has 1 saturated heterocycles. The third-order valence-electron chi connectivity index (χ3n) is 3.81. The Morgan fingerprint density at radius 1 is 1.33 bits per heavy atom. The summed E-state index contributed by atoms with van der Waals surface area (Å²) < 4.78 is 0. The maximum absolute atomic E-state index is 12.3. The van der Waals surface area contributed by atoms with E-state index in [2.05, 4.69) is 0 Å². The van der Waals surface area contributed by atoms with E-state index < -0.39 is 6.10 Å². The maximum Gasteiger partial charge on any atom is 0.228 e. The molecule has 1 fully saturated rings. The second-order valence-corrected chi connectivity index (χ2v) is 5.12. The fraction of sp³-hybridized carbons (Fsp3) is 0.533. The number of carbonyl (C=O) groups excluding carboxylic acids is 1. The molecule has 2 rings (SSSR count). The van der Waals surface area contributed by atoms with E-state index >= 15 is 0 Å². The molecule has 3 nitrogen and oxygen atoms in total. The van der Waals surface area contributed by atoms with Gasteiger partial charge in [-0.05, 0) is 25.3 Å². The van der Waals surface area contributed by atoms with Crippen LogP contribution in [0.5, 0.6) is 0 Å². The highest BCUT2D eigenvalue weighted by Crippen LogP contribution is 2.27. The number of nitrogens with zero attached hydrogens (tertiary/aromatic N) is 1. The Bertz CT molecular complexity index is 404. The van der Waals surface area contributed by atoms with E-state index in [0.29, 0.717) is 19.4 Å². The summed E-state index contributed by atoms with van der Waals surface area (Å²) in [6, 6.07) is 10.1. The molecule has 0 aliphatic carbocycles. The van der Waals surface area contributed by atoms with E-state index in [-0.39, 0.29) is 17.9 Å². The van der Waals surface area contributed by atoms with Crippen LogP contribution in [-0.2, 0) is 11.3 Å². The van der Waals surface area contributed by atoms with E-state index in [1.54, 1.807) is 0 Å². The van der Waals surface area contributed by atoms with Crippen molar-refractivity contribution in [3.63, 3.8) is 0 Å². The molecule has 3 heteroatoms. The third kappa shape index (κ3) is 2.56. The van der Waals surface area contributed by atoms with Gasteiger partial charge < -0.3 is 10.0 Å². The molecular weight excluding hydrogens is 226 g/mol. The number of rotatable bonds is 3. The Balaban J connectivity index is 2.13. The summed E-state index contributed by atoms with van der Waals surface area (Å²) in [4.78, 5) is 14.2. The van der Waals surface area contributed by atoms with Crippen LogP contribution in [0.3, 0.4) is 0 Å². The molecule has 3 atom stereocenters. The van der Waals surface area contributed by atoms with Gasteiger partial charge in [-0.15, -0.1) is 0 Å². The predicted molar refractivity (Wildman–Crippen MR) is 70.9 cm³/mol. The van der Waals surface area contributed by atoms with E-state index in [9.17, 15) is 9.90 Å². The molecule has 0 radical (unpaired) electrons. The molecule has 1 heterocycles. The first-order chi connectivity index (χ1) is 8.63. The fourth-order valence-electron chi connectivity index (χ4n) is 2.70. The zero-order valence-electron chi connectivity index (χ0n) is 11.0. The average Bonchev–Trinajstić information content (AvgIpc) is 2.36. The minimum atomic E-state index is -0.482. The van der Waals surface area contributed by atoms with Gasteiger partial charge in [0.15, 0.2) is 0 Å². The van der Waals surface area contributed by atoms with Crippen LogP contribution in [0, 0.1) is 5.92 Å². The van der Waals surface area contributed by atoms with E-state index in [0.717, 1.165) is 5.56 Å². The molecular formula is C15H21NO2. The Morgan fingerprint density at radius 3 is 2.61 bits per heavy atom. The maximum atomic E-state index is 12.3. The van der Waals surface area contributed by atoms with Gasteiger partial charge >= 0.3 is 0 Å². The quantitative estimate of drug-likeness (QED) is 0.889. The van der Waals surface area contributed by atoms with Crippen molar-refractivity contribution in [3.05, 3.63) is 35.9 Å². The van der Waals surface area contributed by atoms with Gasteiger partial charge in [-0.3, -0.25) is 4.79 Å². The first kappa shape index (κ1) is 13.1. The van der Waals surface area contributed by atoms with Crippen LogP contribution in [0.25, 0.3) is 0 Å². The number of hydrogen-bond acceptors (Lipinski definition) is 2. The second-order valence-electron chi connectivity index (χ2n) is 5.12. The monoisotopic (exact) mass is 247 g/mol. The van der Waals surface area contributed by atoms with Crippen LogP contribution < -0.4 is 0 Å². The Labute approximate surface area is 108 Å². The molecule has 1 aliphatic rings. The Hall–Kier alpha value is -1.35. The lowest BCUT2D eigenvalue weighted by atomic mass is 9.87. The number of amides is 1. The molecule has 1 N–H and O–H groups in total. The van der Waals surface area contributed by atoms with Gasteiger partial charge in [0, 0.05) is 12.6 Å². The lowest BCUT2D eigenvalue weighted by Gasteiger charge is -2.40. The normalized spacial score (nSPS) is 28.5. The van der Waals surface area contributed by atoms with Crippen LogP contribution in [0.1, 0.15) is 32.3 Å². The fourth-order valence-corrected chi connectivity index (χ4v) is 2.70. The highest BCUT2D eigenvalue weighted by molar-refractivity contribution is 5.80. The van der Waals surface area contributed by atoms with Gasteiger partial charge in [-0.25, -0.2) is 0 Å². The summed E-state index contributed by atoms with van der Waals surface area (Å²) in [5.41, 5.74) is 1.14. The third-order valence-corrected chi connectivity index (χ3v) is 3.81. The summed E-state index contributed by atoms with van der Waals surface area (Å²) in [5.74, 6) is -0.141. The number of piperidine rings is 1. The van der Waals surface area contributed by atoms with Crippen molar-refractivity contribution < 1.29 is 9.90 Å². The molecule has 98 valence electrons. The number of carbonyl (C=O) groups is 1. The van der Waals surface area contributed by atoms with Gasteiger partial charge in [0.1, 0.15) is 0 Å². The van der Waals surface area contributed by atoms with E-state index in [1.807, 2.05) is 49.1 Å². The number of benzene rings is 1. The SMILES string of the molecule is CC[C@@H]1C(=O)N(Cc2ccccc2)[C@H](C)C[C@H]1O. The van der Waals surface area contributed by atoms with Crippen LogP contribution in [-0.4, -0.2) is 28.1 Å². The zero-order chi connectivity index (χ0) is 13.1. The van der Waals surface area contributed by atoms with Crippen LogP contribution in [0.15, 0.2) is 30.3 Å². The number of hydrogen-bond donors (Lipinski definition) is 1. The van der Waals surface area contributed by atoms with Gasteiger partial charge in [0.2, 0.25) is 5.91 Å². The summed E-state index contributed by atoms with van der Waals surface area (Å²) in [6.07, 6.45) is 0.902. The summed E-state index contributed by atoms with van der Waals surface area (Å²) >= 11 is 0. The molecule has 1 amide bonds. The predicted octanol–water partition coefficient (Wildman–Crippen LogP) is 2.19. The number of likely N-dealkylation sites (tertiary alicyclic amines) is 1. The standard InChI is InChI=1S/C15H21NO2/c1-3-13-14(17)9-11(2)16(15(13)18)10-12-7-5-4-6-8-12/h4-8,11,13-14,17H,3,9-10H2,1-2H3/t11-,13+,14-/m1/s1. The Morgan fingerprint density at radius 2 is 2.00 bits per heavy atom. The average molecular weight is 247 g/mol. The zero-order valence-corrected chi connectivity index (χ0v) is 11.0. The molecule has 1 aromatic rings. The molecule has 0 aromatic heterocycles. The van der Waals surface area contributed by atoms with Crippen molar-refractivity contribution >= 4 is 5.91 Å². The highest BCUT2D eigenvalue weighted by Gasteiger charge is 2.37. The molecule has 0 saturated carbocycles. The summed E-state index contributed by atoms with van der Waals surface area (Å²) in [7, 11) is 0.